The average molecular weight is 318 g/mol. The van der Waals surface area contributed by atoms with Gasteiger partial charge in [-0.25, -0.2) is 4.39 Å². The molecule has 120 valence electrons. The van der Waals surface area contributed by atoms with Gasteiger partial charge in [0.05, 0.1) is 6.07 Å². The van der Waals surface area contributed by atoms with E-state index >= 15 is 0 Å². The first-order valence-corrected chi connectivity index (χ1v) is 7.90. The van der Waals surface area contributed by atoms with E-state index < -0.39 is 0 Å². The van der Waals surface area contributed by atoms with Crippen molar-refractivity contribution in [1.82, 2.24) is 4.57 Å². The van der Waals surface area contributed by atoms with Gasteiger partial charge in [-0.2, -0.15) is 5.26 Å². The molecule has 0 N–H and O–H groups in total. The largest absolute Gasteiger partial charge is 0.342 e. The number of nitriles is 1. The molecule has 0 atom stereocenters. The van der Waals surface area contributed by atoms with Gasteiger partial charge in [-0.1, -0.05) is 18.2 Å². The van der Waals surface area contributed by atoms with E-state index in [4.69, 9.17) is 5.26 Å². The van der Waals surface area contributed by atoms with Crippen LogP contribution in [-0.4, -0.2) is 4.57 Å². The number of fused-ring (bicyclic) bond motifs is 1. The Bertz CT molecular complexity index is 967. The van der Waals surface area contributed by atoms with Crippen molar-refractivity contribution >= 4 is 17.0 Å². The first-order valence-electron chi connectivity index (χ1n) is 7.90. The number of allylic oxidation sites excluding steroid dienone is 1. The van der Waals surface area contributed by atoms with Gasteiger partial charge in [0.15, 0.2) is 0 Å². The number of nitrogens with zero attached hydrogens (tertiary/aromatic N) is 2. The molecule has 2 nitrogen and oxygen atoms in total. The SMILES string of the molecule is C/C(C#N)=C/c1cn(Cc2cc(C)cc(F)c2)c2cc(C)ccc12. The monoisotopic (exact) mass is 318 g/mol. The minimum Gasteiger partial charge on any atom is -0.342 e. The standard InChI is InChI=1S/C21H19FN2/c1-14-4-5-20-18(7-16(3)11-23)13-24(21(20)9-14)12-17-6-15(2)8-19(22)10-17/h4-10,13H,12H2,1-3H3/b16-7-. The second-order valence-corrected chi connectivity index (χ2v) is 6.31. The van der Waals surface area contributed by atoms with E-state index in [9.17, 15) is 4.39 Å². The molecule has 0 amide bonds. The van der Waals surface area contributed by atoms with Gasteiger partial charge in [0.25, 0.3) is 0 Å². The number of aryl methyl sites for hydroxylation is 2. The first-order chi connectivity index (χ1) is 11.5. The molecule has 2 aromatic carbocycles. The molecule has 0 radical (unpaired) electrons. The molecule has 0 saturated heterocycles. The zero-order valence-corrected chi connectivity index (χ0v) is 14.1. The molecule has 0 aliphatic heterocycles. The summed E-state index contributed by atoms with van der Waals surface area (Å²) in [6.07, 6.45) is 3.93. The van der Waals surface area contributed by atoms with E-state index in [1.807, 2.05) is 25.3 Å². The fourth-order valence-corrected chi connectivity index (χ4v) is 3.04. The third kappa shape index (κ3) is 3.23. The lowest BCUT2D eigenvalue weighted by Crippen LogP contribution is -1.99. The van der Waals surface area contributed by atoms with Crippen LogP contribution in [0.1, 0.15) is 29.2 Å². The van der Waals surface area contributed by atoms with Gasteiger partial charge in [-0.3, -0.25) is 0 Å². The average Bonchev–Trinajstić information content (AvgIpc) is 2.83. The second-order valence-electron chi connectivity index (χ2n) is 6.31. The van der Waals surface area contributed by atoms with Crippen LogP contribution in [0, 0.1) is 31.0 Å². The zero-order chi connectivity index (χ0) is 17.3. The van der Waals surface area contributed by atoms with Crippen LogP contribution in [0.25, 0.3) is 17.0 Å². The number of benzene rings is 2. The molecular formula is C21H19FN2. The number of rotatable bonds is 3. The van der Waals surface area contributed by atoms with Crippen molar-refractivity contribution in [2.45, 2.75) is 27.3 Å². The lowest BCUT2D eigenvalue weighted by atomic mass is 10.1. The van der Waals surface area contributed by atoms with Gasteiger partial charge in [0.2, 0.25) is 0 Å². The molecule has 0 fully saturated rings. The van der Waals surface area contributed by atoms with Crippen LogP contribution in [0.2, 0.25) is 0 Å². The molecule has 0 aliphatic rings. The topological polar surface area (TPSA) is 28.7 Å². The molecular weight excluding hydrogens is 299 g/mol. The molecule has 3 aromatic rings. The Labute approximate surface area is 141 Å². The smallest absolute Gasteiger partial charge is 0.123 e. The zero-order valence-electron chi connectivity index (χ0n) is 14.1. The molecule has 0 aliphatic carbocycles. The van der Waals surface area contributed by atoms with Crippen LogP contribution in [0.4, 0.5) is 4.39 Å². The molecule has 1 heterocycles. The van der Waals surface area contributed by atoms with Crippen LogP contribution >= 0.6 is 0 Å². The normalized spacial score (nSPS) is 11.7. The molecule has 0 saturated carbocycles. The van der Waals surface area contributed by atoms with Crippen molar-refractivity contribution in [3.8, 4) is 6.07 Å². The van der Waals surface area contributed by atoms with E-state index in [1.54, 1.807) is 13.0 Å². The molecule has 3 rings (SSSR count). The molecule has 24 heavy (non-hydrogen) atoms. The van der Waals surface area contributed by atoms with Crippen LogP contribution < -0.4 is 0 Å². The van der Waals surface area contributed by atoms with Crippen molar-refractivity contribution in [3.63, 3.8) is 0 Å². The Hall–Kier alpha value is -2.86. The minimum atomic E-state index is -0.210. The van der Waals surface area contributed by atoms with Crippen molar-refractivity contribution in [2.24, 2.45) is 0 Å². The Morgan fingerprint density at radius 3 is 2.67 bits per heavy atom. The number of aromatic nitrogens is 1. The third-order valence-electron chi connectivity index (χ3n) is 4.07. The summed E-state index contributed by atoms with van der Waals surface area (Å²) < 4.78 is 15.8. The van der Waals surface area contributed by atoms with E-state index in [-0.39, 0.29) is 5.82 Å². The molecule has 3 heteroatoms. The summed E-state index contributed by atoms with van der Waals surface area (Å²) in [7, 11) is 0. The van der Waals surface area contributed by atoms with Crippen molar-refractivity contribution in [1.29, 1.82) is 5.26 Å². The molecule has 0 unspecified atom stereocenters. The van der Waals surface area contributed by atoms with Crippen LogP contribution in [0.5, 0.6) is 0 Å². The van der Waals surface area contributed by atoms with Crippen molar-refractivity contribution in [3.05, 3.63) is 76.2 Å². The van der Waals surface area contributed by atoms with Gasteiger partial charge >= 0.3 is 0 Å². The third-order valence-corrected chi connectivity index (χ3v) is 4.07. The summed E-state index contributed by atoms with van der Waals surface area (Å²) in [6, 6.07) is 13.5. The lowest BCUT2D eigenvalue weighted by molar-refractivity contribution is 0.622. The molecule has 0 bridgehead atoms. The minimum absolute atomic E-state index is 0.210. The highest BCUT2D eigenvalue weighted by Crippen LogP contribution is 2.26. The van der Waals surface area contributed by atoms with E-state index in [2.05, 4.69) is 35.8 Å². The Morgan fingerprint density at radius 1 is 1.17 bits per heavy atom. The highest BCUT2D eigenvalue weighted by atomic mass is 19.1. The van der Waals surface area contributed by atoms with Gasteiger partial charge in [-0.15, -0.1) is 0 Å². The van der Waals surface area contributed by atoms with Gasteiger partial charge in [-0.05, 0) is 61.7 Å². The van der Waals surface area contributed by atoms with E-state index in [1.165, 1.54) is 11.6 Å². The van der Waals surface area contributed by atoms with Crippen LogP contribution in [0.3, 0.4) is 0 Å². The fraction of sp³-hybridized carbons (Fsp3) is 0.190. The summed E-state index contributed by atoms with van der Waals surface area (Å²) in [5.41, 5.74) is 5.78. The summed E-state index contributed by atoms with van der Waals surface area (Å²) in [6.45, 7) is 6.35. The highest BCUT2D eigenvalue weighted by Gasteiger charge is 2.09. The highest BCUT2D eigenvalue weighted by molar-refractivity contribution is 5.90. The lowest BCUT2D eigenvalue weighted by Gasteiger charge is -2.07. The Morgan fingerprint density at radius 2 is 1.96 bits per heavy atom. The summed E-state index contributed by atoms with van der Waals surface area (Å²) in [5.74, 6) is -0.210. The maximum Gasteiger partial charge on any atom is 0.123 e. The Balaban J connectivity index is 2.13. The second kappa shape index (κ2) is 6.33. The summed E-state index contributed by atoms with van der Waals surface area (Å²) in [4.78, 5) is 0. The van der Waals surface area contributed by atoms with Crippen molar-refractivity contribution < 1.29 is 4.39 Å². The molecule has 0 spiro atoms. The maximum atomic E-state index is 13.7. The predicted octanol–water partition coefficient (Wildman–Crippen LogP) is 5.37. The predicted molar refractivity (Wildman–Crippen MR) is 96.2 cm³/mol. The maximum absolute atomic E-state index is 13.7. The van der Waals surface area contributed by atoms with E-state index in [0.29, 0.717) is 12.1 Å². The van der Waals surface area contributed by atoms with Gasteiger partial charge in [0, 0.05) is 34.8 Å². The Kier molecular flexibility index (Phi) is 4.22. The van der Waals surface area contributed by atoms with Crippen LogP contribution in [0.15, 0.2) is 48.2 Å². The first kappa shape index (κ1) is 16.0. The van der Waals surface area contributed by atoms with E-state index in [0.717, 1.165) is 27.6 Å². The number of hydrogen-bond donors (Lipinski definition) is 0. The van der Waals surface area contributed by atoms with Gasteiger partial charge in [0.1, 0.15) is 5.82 Å². The van der Waals surface area contributed by atoms with Crippen molar-refractivity contribution in [2.75, 3.05) is 0 Å². The van der Waals surface area contributed by atoms with Crippen LogP contribution in [-0.2, 0) is 6.54 Å². The summed E-state index contributed by atoms with van der Waals surface area (Å²) in [5, 5.41) is 10.1. The number of halogens is 1. The quantitative estimate of drug-likeness (QED) is 0.597. The van der Waals surface area contributed by atoms with Gasteiger partial charge < -0.3 is 4.57 Å². The summed E-state index contributed by atoms with van der Waals surface area (Å²) >= 11 is 0. The molecule has 1 aromatic heterocycles. The fourth-order valence-electron chi connectivity index (χ4n) is 3.04. The number of hydrogen-bond acceptors (Lipinski definition) is 1.